The summed E-state index contributed by atoms with van der Waals surface area (Å²) in [6, 6.07) is 7.33. The maximum Gasteiger partial charge on any atom is 0.338 e. The van der Waals surface area contributed by atoms with Gasteiger partial charge in [0.05, 0.1) is 5.56 Å². The van der Waals surface area contributed by atoms with E-state index in [0.29, 0.717) is 11.5 Å². The van der Waals surface area contributed by atoms with E-state index in [4.69, 9.17) is 0 Å². The monoisotopic (exact) mass is 408 g/mol. The summed E-state index contributed by atoms with van der Waals surface area (Å²) in [5.74, 6) is 0.747. The van der Waals surface area contributed by atoms with Crippen LogP contribution in [0.2, 0.25) is 0 Å². The van der Waals surface area contributed by atoms with Gasteiger partial charge in [-0.25, -0.2) is 13.6 Å². The molecule has 0 aliphatic heterocycles. The first kappa shape index (κ1) is 23.8. The first-order valence-corrected chi connectivity index (χ1v) is 11.6. The number of esters is 1. The molecule has 2 nitrogen and oxygen atoms in total. The molecule has 0 unspecified atom stereocenters. The fourth-order valence-electron chi connectivity index (χ4n) is 4.46. The second kappa shape index (κ2) is 13.7. The molecule has 29 heavy (non-hydrogen) atoms. The number of ether oxygens (including phenoxy) is 1. The quantitative estimate of drug-likeness (QED) is 0.245. The van der Waals surface area contributed by atoms with Gasteiger partial charge >= 0.3 is 5.97 Å². The molecule has 0 aromatic heterocycles. The van der Waals surface area contributed by atoms with Gasteiger partial charge in [0.1, 0.15) is 0 Å². The summed E-state index contributed by atoms with van der Waals surface area (Å²) in [5, 5.41) is 0. The average molecular weight is 409 g/mol. The van der Waals surface area contributed by atoms with Crippen LogP contribution in [0.4, 0.5) is 8.78 Å². The molecule has 1 aliphatic carbocycles. The summed E-state index contributed by atoms with van der Waals surface area (Å²) < 4.78 is 28.9. The van der Waals surface area contributed by atoms with Gasteiger partial charge in [0.15, 0.2) is 6.61 Å². The standard InChI is InChI=1S/C25H38F2O2/c1-2-3-4-5-6-7-8-9-10-20-11-13-21(14-12-20)22-15-17-23(18-16-22)25(28)29-19-24(26)27/h15-18,20-21,24H,2-14,19H2,1H3/t20-,21-. The highest BCUT2D eigenvalue weighted by Crippen LogP contribution is 2.37. The summed E-state index contributed by atoms with van der Waals surface area (Å²) in [6.07, 6.45) is 14.8. The molecule has 4 heteroatoms. The van der Waals surface area contributed by atoms with Crippen molar-refractivity contribution in [2.45, 2.75) is 103 Å². The predicted molar refractivity (Wildman–Crippen MR) is 115 cm³/mol. The number of hydrogen-bond acceptors (Lipinski definition) is 2. The van der Waals surface area contributed by atoms with E-state index in [0.717, 1.165) is 5.92 Å². The lowest BCUT2D eigenvalue weighted by atomic mass is 9.77. The maximum absolute atomic E-state index is 12.1. The van der Waals surface area contributed by atoms with E-state index in [-0.39, 0.29) is 0 Å². The maximum atomic E-state index is 12.1. The van der Waals surface area contributed by atoms with Gasteiger partial charge in [-0.3, -0.25) is 0 Å². The molecular formula is C25H38F2O2. The van der Waals surface area contributed by atoms with Gasteiger partial charge in [-0.05, 0) is 55.2 Å². The summed E-state index contributed by atoms with van der Waals surface area (Å²) in [5.41, 5.74) is 1.60. The van der Waals surface area contributed by atoms with Gasteiger partial charge in [-0.1, -0.05) is 76.8 Å². The third-order valence-electron chi connectivity index (χ3n) is 6.27. The summed E-state index contributed by atoms with van der Waals surface area (Å²) in [6.45, 7) is 1.42. The van der Waals surface area contributed by atoms with Crippen molar-refractivity contribution in [3.05, 3.63) is 35.4 Å². The minimum Gasteiger partial charge on any atom is -0.456 e. The van der Waals surface area contributed by atoms with Gasteiger partial charge in [0.2, 0.25) is 0 Å². The Morgan fingerprint density at radius 1 is 0.931 bits per heavy atom. The van der Waals surface area contributed by atoms with Crippen molar-refractivity contribution in [3.8, 4) is 0 Å². The zero-order valence-electron chi connectivity index (χ0n) is 18.0. The molecule has 0 spiro atoms. The number of carbonyl (C=O) groups excluding carboxylic acids is 1. The normalized spacial score (nSPS) is 19.4. The molecule has 0 bridgehead atoms. The molecule has 1 aromatic carbocycles. The van der Waals surface area contributed by atoms with Crippen LogP contribution in [0, 0.1) is 5.92 Å². The smallest absolute Gasteiger partial charge is 0.338 e. The SMILES string of the molecule is CCCCCCCCCC[C@H]1CC[C@H](c2ccc(C(=O)OCC(F)F)cc2)CC1. The second-order valence-corrected chi connectivity index (χ2v) is 8.59. The Balaban J connectivity index is 1.62. The van der Waals surface area contributed by atoms with Crippen LogP contribution >= 0.6 is 0 Å². The average Bonchev–Trinajstić information content (AvgIpc) is 2.74. The Morgan fingerprint density at radius 3 is 2.10 bits per heavy atom. The Labute approximate surface area is 175 Å². The molecule has 0 amide bonds. The Bertz CT molecular complexity index is 563. The molecule has 0 heterocycles. The van der Waals surface area contributed by atoms with E-state index in [2.05, 4.69) is 11.7 Å². The van der Waals surface area contributed by atoms with Crippen LogP contribution in [-0.2, 0) is 4.74 Å². The van der Waals surface area contributed by atoms with E-state index in [9.17, 15) is 13.6 Å². The van der Waals surface area contributed by atoms with E-state index in [1.165, 1.54) is 89.0 Å². The van der Waals surface area contributed by atoms with Crippen LogP contribution in [0.5, 0.6) is 0 Å². The molecule has 1 fully saturated rings. The van der Waals surface area contributed by atoms with Crippen molar-refractivity contribution >= 4 is 5.97 Å². The summed E-state index contributed by atoms with van der Waals surface area (Å²) in [7, 11) is 0. The minimum atomic E-state index is -2.63. The van der Waals surface area contributed by atoms with E-state index in [1.807, 2.05) is 12.1 Å². The van der Waals surface area contributed by atoms with E-state index >= 15 is 0 Å². The van der Waals surface area contributed by atoms with Gasteiger partial charge in [-0.2, -0.15) is 0 Å². The van der Waals surface area contributed by atoms with Crippen LogP contribution < -0.4 is 0 Å². The van der Waals surface area contributed by atoms with Gasteiger partial charge in [0, 0.05) is 0 Å². The topological polar surface area (TPSA) is 26.3 Å². The summed E-state index contributed by atoms with van der Waals surface area (Å²) >= 11 is 0. The number of alkyl halides is 2. The molecule has 1 saturated carbocycles. The molecule has 0 saturated heterocycles. The molecule has 0 atom stereocenters. The van der Waals surface area contributed by atoms with Gasteiger partial charge < -0.3 is 4.74 Å². The number of carbonyl (C=O) groups is 1. The van der Waals surface area contributed by atoms with Gasteiger partial charge in [0.25, 0.3) is 6.43 Å². The zero-order valence-corrected chi connectivity index (χ0v) is 18.0. The number of halogens is 2. The minimum absolute atomic E-state index is 0.345. The van der Waals surface area contributed by atoms with Crippen LogP contribution in [0.1, 0.15) is 112 Å². The Kier molecular flexibility index (Phi) is 11.3. The van der Waals surface area contributed by atoms with Crippen molar-refractivity contribution in [2.24, 2.45) is 5.92 Å². The number of unbranched alkanes of at least 4 members (excludes halogenated alkanes) is 7. The van der Waals surface area contributed by atoms with Crippen LogP contribution in [0.15, 0.2) is 24.3 Å². The Hall–Kier alpha value is -1.45. The van der Waals surface area contributed by atoms with Crippen molar-refractivity contribution < 1.29 is 18.3 Å². The molecular weight excluding hydrogens is 370 g/mol. The van der Waals surface area contributed by atoms with Crippen LogP contribution in [0.3, 0.4) is 0 Å². The highest BCUT2D eigenvalue weighted by molar-refractivity contribution is 5.89. The predicted octanol–water partition coefficient (Wildman–Crippen LogP) is 7.91. The van der Waals surface area contributed by atoms with Crippen molar-refractivity contribution in [2.75, 3.05) is 6.61 Å². The fraction of sp³-hybridized carbons (Fsp3) is 0.720. The lowest BCUT2D eigenvalue weighted by Crippen LogP contribution is -2.14. The number of hydrogen-bond donors (Lipinski definition) is 0. The molecule has 164 valence electrons. The molecule has 0 radical (unpaired) electrons. The van der Waals surface area contributed by atoms with Gasteiger partial charge in [-0.15, -0.1) is 0 Å². The van der Waals surface area contributed by atoms with E-state index in [1.54, 1.807) is 12.1 Å². The van der Waals surface area contributed by atoms with Crippen molar-refractivity contribution in [3.63, 3.8) is 0 Å². The molecule has 1 aromatic rings. The highest BCUT2D eigenvalue weighted by Gasteiger charge is 2.22. The number of benzene rings is 1. The largest absolute Gasteiger partial charge is 0.456 e. The summed E-state index contributed by atoms with van der Waals surface area (Å²) in [4.78, 5) is 11.7. The lowest BCUT2D eigenvalue weighted by Gasteiger charge is -2.29. The lowest BCUT2D eigenvalue weighted by molar-refractivity contribution is 0.0160. The highest BCUT2D eigenvalue weighted by atomic mass is 19.3. The first-order chi connectivity index (χ1) is 14.1. The molecule has 1 aliphatic rings. The molecule has 0 N–H and O–H groups in total. The van der Waals surface area contributed by atoms with Crippen molar-refractivity contribution in [1.82, 2.24) is 0 Å². The van der Waals surface area contributed by atoms with Crippen LogP contribution in [-0.4, -0.2) is 19.0 Å². The van der Waals surface area contributed by atoms with Crippen molar-refractivity contribution in [1.29, 1.82) is 0 Å². The third kappa shape index (κ3) is 9.27. The van der Waals surface area contributed by atoms with Crippen LogP contribution in [0.25, 0.3) is 0 Å². The first-order valence-electron chi connectivity index (χ1n) is 11.6. The molecule has 2 rings (SSSR count). The zero-order chi connectivity index (χ0) is 20.9. The Morgan fingerprint density at radius 2 is 1.52 bits per heavy atom. The van der Waals surface area contributed by atoms with E-state index < -0.39 is 19.0 Å². The fourth-order valence-corrected chi connectivity index (χ4v) is 4.46. The number of rotatable bonds is 13. The third-order valence-corrected chi connectivity index (χ3v) is 6.27. The second-order valence-electron chi connectivity index (χ2n) is 8.59.